The molecule has 0 aliphatic rings. The SMILES string of the molecule is CC(=NC(NC(C)c1ccccc1)c1cccc2c1oc1cccc(C)c12)c1ccccc1. The molecule has 0 bridgehead atoms. The first kappa shape index (κ1) is 21.2. The third-order valence-corrected chi connectivity index (χ3v) is 6.28. The molecule has 0 aliphatic heterocycles. The van der Waals surface area contributed by atoms with Gasteiger partial charge in [0.25, 0.3) is 0 Å². The lowest BCUT2D eigenvalue weighted by Gasteiger charge is -2.22. The molecule has 0 saturated heterocycles. The van der Waals surface area contributed by atoms with Crippen LogP contribution in [0, 0.1) is 6.92 Å². The minimum atomic E-state index is -0.259. The molecule has 0 aliphatic carbocycles. The molecule has 2 unspecified atom stereocenters. The van der Waals surface area contributed by atoms with Gasteiger partial charge in [-0.2, -0.15) is 0 Å². The van der Waals surface area contributed by atoms with Crippen LogP contribution in [-0.4, -0.2) is 5.71 Å². The number of nitrogens with one attached hydrogen (secondary N) is 1. The first-order valence-corrected chi connectivity index (χ1v) is 11.4. The maximum atomic E-state index is 6.41. The minimum Gasteiger partial charge on any atom is -0.456 e. The van der Waals surface area contributed by atoms with Crippen LogP contribution in [0.2, 0.25) is 0 Å². The van der Waals surface area contributed by atoms with Gasteiger partial charge in [0.15, 0.2) is 0 Å². The molecule has 2 atom stereocenters. The van der Waals surface area contributed by atoms with E-state index in [0.29, 0.717) is 0 Å². The van der Waals surface area contributed by atoms with Crippen LogP contribution >= 0.6 is 0 Å². The average Bonchev–Trinajstić information content (AvgIpc) is 3.24. The number of para-hydroxylation sites is 1. The molecular weight excluding hydrogens is 404 g/mol. The van der Waals surface area contributed by atoms with Crippen molar-refractivity contribution < 1.29 is 4.42 Å². The Bertz CT molecular complexity index is 1420. The van der Waals surface area contributed by atoms with Crippen molar-refractivity contribution in [3.8, 4) is 0 Å². The fourth-order valence-electron chi connectivity index (χ4n) is 4.48. The third kappa shape index (κ3) is 4.20. The van der Waals surface area contributed by atoms with Crippen LogP contribution in [0.15, 0.2) is 106 Å². The van der Waals surface area contributed by atoms with Gasteiger partial charge in [0, 0.05) is 28.1 Å². The van der Waals surface area contributed by atoms with Gasteiger partial charge < -0.3 is 4.42 Å². The van der Waals surface area contributed by atoms with Crippen molar-refractivity contribution in [2.45, 2.75) is 33.0 Å². The molecule has 0 saturated carbocycles. The van der Waals surface area contributed by atoms with Crippen molar-refractivity contribution in [2.24, 2.45) is 4.99 Å². The summed E-state index contributed by atoms with van der Waals surface area (Å²) in [6.45, 7) is 6.38. The number of hydrogen-bond donors (Lipinski definition) is 1. The zero-order chi connectivity index (χ0) is 22.8. The summed E-state index contributed by atoms with van der Waals surface area (Å²) < 4.78 is 6.41. The van der Waals surface area contributed by atoms with Crippen molar-refractivity contribution in [1.82, 2.24) is 5.32 Å². The van der Waals surface area contributed by atoms with Gasteiger partial charge in [0.1, 0.15) is 17.3 Å². The normalized spacial score (nSPS) is 14.0. The van der Waals surface area contributed by atoms with Crippen LogP contribution in [0.1, 0.15) is 48.3 Å². The topological polar surface area (TPSA) is 37.5 Å². The molecule has 3 nitrogen and oxygen atoms in total. The van der Waals surface area contributed by atoms with E-state index in [1.54, 1.807) is 0 Å². The van der Waals surface area contributed by atoms with Crippen molar-refractivity contribution in [3.63, 3.8) is 0 Å². The summed E-state index contributed by atoms with van der Waals surface area (Å²) in [6.07, 6.45) is -0.259. The zero-order valence-corrected chi connectivity index (χ0v) is 19.2. The quantitative estimate of drug-likeness (QED) is 0.278. The predicted octanol–water partition coefficient (Wildman–Crippen LogP) is 7.75. The van der Waals surface area contributed by atoms with E-state index in [1.807, 2.05) is 36.4 Å². The molecule has 1 heterocycles. The number of nitrogens with zero attached hydrogens (tertiary/aromatic N) is 1. The fourth-order valence-corrected chi connectivity index (χ4v) is 4.48. The van der Waals surface area contributed by atoms with Crippen LogP contribution in [0.3, 0.4) is 0 Å². The van der Waals surface area contributed by atoms with Gasteiger partial charge in [-0.3, -0.25) is 10.3 Å². The van der Waals surface area contributed by atoms with Gasteiger partial charge in [-0.15, -0.1) is 0 Å². The second-order valence-electron chi connectivity index (χ2n) is 8.56. The monoisotopic (exact) mass is 432 g/mol. The van der Waals surface area contributed by atoms with Gasteiger partial charge in [-0.05, 0) is 43.5 Å². The highest BCUT2D eigenvalue weighted by Crippen LogP contribution is 2.36. The average molecular weight is 433 g/mol. The highest BCUT2D eigenvalue weighted by molar-refractivity contribution is 6.07. The molecule has 4 aromatic carbocycles. The van der Waals surface area contributed by atoms with Crippen LogP contribution < -0.4 is 5.32 Å². The Labute approximate surface area is 194 Å². The van der Waals surface area contributed by atoms with E-state index in [2.05, 4.69) is 86.8 Å². The van der Waals surface area contributed by atoms with Gasteiger partial charge >= 0.3 is 0 Å². The lowest BCUT2D eigenvalue weighted by molar-refractivity contribution is 0.478. The van der Waals surface area contributed by atoms with Gasteiger partial charge in [-0.1, -0.05) is 91.0 Å². The summed E-state index contributed by atoms with van der Waals surface area (Å²) in [4.78, 5) is 5.17. The molecule has 0 fully saturated rings. The minimum absolute atomic E-state index is 0.116. The highest BCUT2D eigenvalue weighted by Gasteiger charge is 2.21. The second-order valence-corrected chi connectivity index (χ2v) is 8.56. The summed E-state index contributed by atoms with van der Waals surface area (Å²) in [7, 11) is 0. The molecule has 0 spiro atoms. The molecule has 5 rings (SSSR count). The number of aliphatic imine (C=N–C) groups is 1. The Morgan fingerprint density at radius 2 is 1.52 bits per heavy atom. The number of hydrogen-bond acceptors (Lipinski definition) is 3. The Hall–Kier alpha value is -3.69. The highest BCUT2D eigenvalue weighted by atomic mass is 16.3. The standard InChI is InChI=1S/C30H28N2O/c1-20-12-10-19-27-28(20)25-17-11-18-26(29(25)33-27)30(31-21(2)23-13-6-4-7-14-23)32-22(3)24-15-8-5-9-16-24/h4-19,21,30-31H,1-3H3. The Kier molecular flexibility index (Phi) is 5.80. The largest absolute Gasteiger partial charge is 0.456 e. The van der Waals surface area contributed by atoms with E-state index in [0.717, 1.165) is 33.4 Å². The summed E-state index contributed by atoms with van der Waals surface area (Å²) in [5, 5.41) is 6.06. The molecule has 1 N–H and O–H groups in total. The Morgan fingerprint density at radius 3 is 2.27 bits per heavy atom. The first-order valence-electron chi connectivity index (χ1n) is 11.4. The van der Waals surface area contributed by atoms with Gasteiger partial charge in [0.2, 0.25) is 0 Å². The van der Waals surface area contributed by atoms with Crippen molar-refractivity contribution in [2.75, 3.05) is 0 Å². The molecule has 33 heavy (non-hydrogen) atoms. The summed E-state index contributed by atoms with van der Waals surface area (Å²) >= 11 is 0. The van der Waals surface area contributed by atoms with E-state index in [-0.39, 0.29) is 12.2 Å². The summed E-state index contributed by atoms with van der Waals surface area (Å²) in [6, 6.07) is 33.5. The van der Waals surface area contributed by atoms with E-state index in [1.165, 1.54) is 16.5 Å². The maximum Gasteiger partial charge on any atom is 0.142 e. The fraction of sp³-hybridized carbons (Fsp3) is 0.167. The lowest BCUT2D eigenvalue weighted by atomic mass is 10.0. The van der Waals surface area contributed by atoms with Crippen molar-refractivity contribution in [3.05, 3.63) is 119 Å². The van der Waals surface area contributed by atoms with Crippen LogP contribution in [-0.2, 0) is 0 Å². The van der Waals surface area contributed by atoms with Crippen molar-refractivity contribution in [1.29, 1.82) is 0 Å². The van der Waals surface area contributed by atoms with Crippen molar-refractivity contribution >= 4 is 27.7 Å². The number of fused-ring (bicyclic) bond motifs is 3. The van der Waals surface area contributed by atoms with E-state index < -0.39 is 0 Å². The second kappa shape index (κ2) is 9.05. The number of rotatable bonds is 6. The Balaban J connectivity index is 1.64. The first-order chi connectivity index (χ1) is 16.1. The van der Waals surface area contributed by atoms with Crippen LogP contribution in [0.4, 0.5) is 0 Å². The number of furan rings is 1. The van der Waals surface area contributed by atoms with Crippen LogP contribution in [0.25, 0.3) is 21.9 Å². The molecule has 5 aromatic rings. The molecule has 0 amide bonds. The predicted molar refractivity (Wildman–Crippen MR) is 138 cm³/mol. The summed E-state index contributed by atoms with van der Waals surface area (Å²) in [5.74, 6) is 0. The molecular formula is C30H28N2O. The Morgan fingerprint density at radius 1 is 0.818 bits per heavy atom. The molecule has 3 heteroatoms. The lowest BCUT2D eigenvalue weighted by Crippen LogP contribution is -2.24. The summed E-state index contributed by atoms with van der Waals surface area (Å²) in [5.41, 5.74) is 7.39. The van der Waals surface area contributed by atoms with E-state index in [4.69, 9.17) is 9.41 Å². The van der Waals surface area contributed by atoms with E-state index in [9.17, 15) is 0 Å². The van der Waals surface area contributed by atoms with Crippen LogP contribution in [0.5, 0.6) is 0 Å². The van der Waals surface area contributed by atoms with Gasteiger partial charge in [0.05, 0.1) is 0 Å². The zero-order valence-electron chi connectivity index (χ0n) is 19.2. The smallest absolute Gasteiger partial charge is 0.142 e. The van der Waals surface area contributed by atoms with E-state index >= 15 is 0 Å². The maximum absolute atomic E-state index is 6.41. The molecule has 1 aromatic heterocycles. The number of benzene rings is 4. The van der Waals surface area contributed by atoms with Gasteiger partial charge in [-0.25, -0.2) is 0 Å². The molecule has 164 valence electrons. The number of aryl methyl sites for hydroxylation is 1. The molecule has 0 radical (unpaired) electrons. The third-order valence-electron chi connectivity index (χ3n) is 6.28.